The lowest BCUT2D eigenvalue weighted by atomic mass is 9.82. The van der Waals surface area contributed by atoms with E-state index in [4.69, 9.17) is 10.5 Å². The number of anilines is 2. The summed E-state index contributed by atoms with van der Waals surface area (Å²) in [6.45, 7) is 6.52. The summed E-state index contributed by atoms with van der Waals surface area (Å²) in [5.74, 6) is 1.21. The SMILES string of the molecule is Cc1cccc(N)c1NC(=O)COC1CC(C)CC(C)C1. The number of carbonyl (C=O) groups is 1. The van der Waals surface area contributed by atoms with Gasteiger partial charge in [0.05, 0.1) is 17.5 Å². The first kappa shape index (κ1) is 15.8. The van der Waals surface area contributed by atoms with Crippen molar-refractivity contribution in [3.05, 3.63) is 23.8 Å². The molecule has 1 aromatic rings. The summed E-state index contributed by atoms with van der Waals surface area (Å²) in [4.78, 5) is 12.0. The van der Waals surface area contributed by atoms with Crippen LogP contribution in [0.1, 0.15) is 38.7 Å². The topological polar surface area (TPSA) is 64.3 Å². The van der Waals surface area contributed by atoms with Crippen LogP contribution in [-0.4, -0.2) is 18.6 Å². The van der Waals surface area contributed by atoms with Gasteiger partial charge in [0, 0.05) is 0 Å². The number of hydrogen-bond acceptors (Lipinski definition) is 3. The molecule has 4 nitrogen and oxygen atoms in total. The lowest BCUT2D eigenvalue weighted by Gasteiger charge is -2.31. The second-order valence-corrected chi connectivity index (χ2v) is 6.44. The van der Waals surface area contributed by atoms with Crippen molar-refractivity contribution < 1.29 is 9.53 Å². The highest BCUT2D eigenvalue weighted by molar-refractivity contribution is 5.95. The average molecular weight is 290 g/mol. The van der Waals surface area contributed by atoms with Gasteiger partial charge in [0.15, 0.2) is 0 Å². The van der Waals surface area contributed by atoms with Crippen molar-refractivity contribution in [1.29, 1.82) is 0 Å². The molecule has 1 aliphatic rings. The minimum Gasteiger partial charge on any atom is -0.397 e. The minimum atomic E-state index is -0.137. The van der Waals surface area contributed by atoms with Gasteiger partial charge in [-0.3, -0.25) is 4.79 Å². The molecule has 116 valence electrons. The first-order valence-corrected chi connectivity index (χ1v) is 7.72. The van der Waals surface area contributed by atoms with Crippen LogP contribution < -0.4 is 11.1 Å². The van der Waals surface area contributed by atoms with Crippen molar-refractivity contribution in [2.45, 2.75) is 46.1 Å². The fourth-order valence-corrected chi connectivity index (χ4v) is 3.24. The van der Waals surface area contributed by atoms with Crippen LogP contribution in [0.5, 0.6) is 0 Å². The number of carbonyl (C=O) groups excluding carboxylic acids is 1. The molecule has 0 saturated heterocycles. The maximum absolute atomic E-state index is 12.0. The molecule has 1 aliphatic carbocycles. The third-order valence-electron chi connectivity index (χ3n) is 4.15. The van der Waals surface area contributed by atoms with Gasteiger partial charge in [-0.1, -0.05) is 26.0 Å². The van der Waals surface area contributed by atoms with Gasteiger partial charge in [-0.25, -0.2) is 0 Å². The van der Waals surface area contributed by atoms with E-state index in [1.165, 1.54) is 6.42 Å². The lowest BCUT2D eigenvalue weighted by Crippen LogP contribution is -2.30. The van der Waals surface area contributed by atoms with Gasteiger partial charge < -0.3 is 15.8 Å². The van der Waals surface area contributed by atoms with E-state index in [1.54, 1.807) is 6.07 Å². The van der Waals surface area contributed by atoms with Crippen LogP contribution in [0.3, 0.4) is 0 Å². The number of nitrogens with one attached hydrogen (secondary N) is 1. The number of hydrogen-bond donors (Lipinski definition) is 2. The summed E-state index contributed by atoms with van der Waals surface area (Å²) in [6.07, 6.45) is 3.55. The average Bonchev–Trinajstić information content (AvgIpc) is 2.40. The fraction of sp³-hybridized carbons (Fsp3) is 0.588. The molecule has 1 fully saturated rings. The van der Waals surface area contributed by atoms with Crippen molar-refractivity contribution in [2.75, 3.05) is 17.7 Å². The molecule has 0 aromatic heterocycles. The van der Waals surface area contributed by atoms with Crippen molar-refractivity contribution in [3.63, 3.8) is 0 Å². The number of benzene rings is 1. The molecule has 1 aromatic carbocycles. The molecule has 2 unspecified atom stereocenters. The first-order valence-electron chi connectivity index (χ1n) is 7.72. The smallest absolute Gasteiger partial charge is 0.250 e. The van der Waals surface area contributed by atoms with E-state index in [2.05, 4.69) is 19.2 Å². The van der Waals surface area contributed by atoms with E-state index in [-0.39, 0.29) is 18.6 Å². The highest BCUT2D eigenvalue weighted by Crippen LogP contribution is 2.30. The van der Waals surface area contributed by atoms with E-state index in [9.17, 15) is 4.79 Å². The zero-order valence-corrected chi connectivity index (χ0v) is 13.2. The van der Waals surface area contributed by atoms with Crippen LogP contribution in [0.25, 0.3) is 0 Å². The summed E-state index contributed by atoms with van der Waals surface area (Å²) < 4.78 is 5.78. The third-order valence-corrected chi connectivity index (χ3v) is 4.15. The minimum absolute atomic E-state index is 0.0951. The Kier molecular flexibility index (Phi) is 5.23. The Balaban J connectivity index is 1.85. The van der Waals surface area contributed by atoms with E-state index in [1.807, 2.05) is 19.1 Å². The number of rotatable bonds is 4. The Hall–Kier alpha value is -1.55. The molecule has 1 saturated carbocycles. The molecular weight excluding hydrogens is 264 g/mol. The monoisotopic (exact) mass is 290 g/mol. The van der Waals surface area contributed by atoms with Gasteiger partial charge in [0.2, 0.25) is 5.91 Å². The molecule has 0 bridgehead atoms. The number of nitrogens with two attached hydrogens (primary N) is 1. The molecule has 1 amide bonds. The number of nitrogen functional groups attached to an aromatic ring is 1. The number of ether oxygens (including phenoxy) is 1. The summed E-state index contributed by atoms with van der Waals surface area (Å²) in [5.41, 5.74) is 8.13. The molecule has 4 heteroatoms. The van der Waals surface area contributed by atoms with Crippen LogP contribution in [0, 0.1) is 18.8 Å². The van der Waals surface area contributed by atoms with Crippen molar-refractivity contribution in [1.82, 2.24) is 0 Å². The maximum Gasteiger partial charge on any atom is 0.250 e. The Morgan fingerprint density at radius 3 is 2.57 bits per heavy atom. The molecule has 0 radical (unpaired) electrons. The highest BCUT2D eigenvalue weighted by atomic mass is 16.5. The third kappa shape index (κ3) is 4.46. The van der Waals surface area contributed by atoms with Crippen molar-refractivity contribution >= 4 is 17.3 Å². The number of aryl methyl sites for hydroxylation is 1. The standard InChI is InChI=1S/C17H26N2O2/c1-11-7-12(2)9-14(8-11)21-10-16(20)19-17-13(3)5-4-6-15(17)18/h4-6,11-12,14H,7-10,18H2,1-3H3,(H,19,20). The van der Waals surface area contributed by atoms with Gasteiger partial charge >= 0.3 is 0 Å². The molecule has 2 rings (SSSR count). The molecule has 2 atom stereocenters. The number of para-hydroxylation sites is 1. The largest absolute Gasteiger partial charge is 0.397 e. The summed E-state index contributed by atoms with van der Waals surface area (Å²) in [6, 6.07) is 5.59. The molecule has 0 spiro atoms. The van der Waals surface area contributed by atoms with Gasteiger partial charge in [0.25, 0.3) is 0 Å². The van der Waals surface area contributed by atoms with Gasteiger partial charge in [0.1, 0.15) is 6.61 Å². The second-order valence-electron chi connectivity index (χ2n) is 6.44. The quantitative estimate of drug-likeness (QED) is 0.836. The Bertz CT molecular complexity index is 471. The van der Waals surface area contributed by atoms with E-state index in [0.717, 1.165) is 18.4 Å². The molecule has 3 N–H and O–H groups in total. The van der Waals surface area contributed by atoms with Crippen LogP contribution in [0.4, 0.5) is 11.4 Å². The van der Waals surface area contributed by atoms with Crippen LogP contribution in [-0.2, 0) is 9.53 Å². The normalized spacial score (nSPS) is 25.6. The van der Waals surface area contributed by atoms with E-state index in [0.29, 0.717) is 23.2 Å². The number of amides is 1. The maximum atomic E-state index is 12.0. The predicted molar refractivity (Wildman–Crippen MR) is 86.1 cm³/mol. The zero-order valence-electron chi connectivity index (χ0n) is 13.2. The van der Waals surface area contributed by atoms with Gasteiger partial charge in [-0.05, 0) is 49.7 Å². The van der Waals surface area contributed by atoms with Crippen molar-refractivity contribution in [3.8, 4) is 0 Å². The van der Waals surface area contributed by atoms with Crippen molar-refractivity contribution in [2.24, 2.45) is 11.8 Å². The molecule has 0 heterocycles. The summed E-state index contributed by atoms with van der Waals surface area (Å²) in [5, 5.41) is 2.85. The molecule has 0 aliphatic heterocycles. The second kappa shape index (κ2) is 6.94. The highest BCUT2D eigenvalue weighted by Gasteiger charge is 2.25. The first-order chi connectivity index (χ1) is 9.95. The lowest BCUT2D eigenvalue weighted by molar-refractivity contribution is -0.124. The van der Waals surface area contributed by atoms with Gasteiger partial charge in [-0.2, -0.15) is 0 Å². The Morgan fingerprint density at radius 1 is 1.29 bits per heavy atom. The van der Waals surface area contributed by atoms with E-state index < -0.39 is 0 Å². The Morgan fingerprint density at radius 2 is 1.95 bits per heavy atom. The van der Waals surface area contributed by atoms with Crippen LogP contribution in [0.15, 0.2) is 18.2 Å². The molecule has 21 heavy (non-hydrogen) atoms. The fourth-order valence-electron chi connectivity index (χ4n) is 3.24. The Labute approximate surface area is 127 Å². The van der Waals surface area contributed by atoms with E-state index >= 15 is 0 Å². The molecular formula is C17H26N2O2. The summed E-state index contributed by atoms with van der Waals surface area (Å²) >= 11 is 0. The predicted octanol–water partition coefficient (Wildman–Crippen LogP) is 3.36. The van der Waals surface area contributed by atoms with Gasteiger partial charge in [-0.15, -0.1) is 0 Å². The summed E-state index contributed by atoms with van der Waals surface area (Å²) in [7, 11) is 0. The van der Waals surface area contributed by atoms with Crippen LogP contribution >= 0.6 is 0 Å². The van der Waals surface area contributed by atoms with Crippen LogP contribution in [0.2, 0.25) is 0 Å². The zero-order chi connectivity index (χ0) is 15.4.